The monoisotopic (exact) mass is 260 g/mol. The number of phenols is 1. The van der Waals surface area contributed by atoms with Crippen LogP contribution >= 0.6 is 0 Å². The molecule has 5 heteroatoms. The van der Waals surface area contributed by atoms with Gasteiger partial charge >= 0.3 is 0 Å². The van der Waals surface area contributed by atoms with Gasteiger partial charge in [-0.15, -0.1) is 0 Å². The molecule has 2 rings (SSSR count). The van der Waals surface area contributed by atoms with Crippen molar-refractivity contribution < 1.29 is 14.3 Å². The lowest BCUT2D eigenvalue weighted by Crippen LogP contribution is -2.15. The number of phenolic OH excluding ortho intramolecular Hbond substituents is 1. The highest BCUT2D eigenvalue weighted by molar-refractivity contribution is 5.93. The molecular formula is C14H13FN2O2. The number of anilines is 2. The fourth-order valence-electron chi connectivity index (χ4n) is 1.69. The fraction of sp³-hybridized carbons (Fsp3) is 0.0714. The lowest BCUT2D eigenvalue weighted by molar-refractivity contribution is -0.115. The zero-order chi connectivity index (χ0) is 13.8. The van der Waals surface area contributed by atoms with Crippen LogP contribution in [0.3, 0.4) is 0 Å². The summed E-state index contributed by atoms with van der Waals surface area (Å²) in [5, 5.41) is 11.9. The van der Waals surface area contributed by atoms with Gasteiger partial charge in [0.25, 0.3) is 0 Å². The van der Waals surface area contributed by atoms with Crippen LogP contribution in [-0.4, -0.2) is 11.0 Å². The van der Waals surface area contributed by atoms with Crippen LogP contribution in [0.15, 0.2) is 42.5 Å². The minimum atomic E-state index is -0.422. The summed E-state index contributed by atoms with van der Waals surface area (Å²) in [5.41, 5.74) is 7.03. The molecule has 4 nitrogen and oxygen atoms in total. The van der Waals surface area contributed by atoms with Crippen molar-refractivity contribution in [1.29, 1.82) is 0 Å². The second kappa shape index (κ2) is 5.39. The maximum absolute atomic E-state index is 13.0. The molecule has 0 radical (unpaired) electrons. The summed E-state index contributed by atoms with van der Waals surface area (Å²) in [6.07, 6.45) is 0.0107. The van der Waals surface area contributed by atoms with E-state index in [-0.39, 0.29) is 18.1 Å². The van der Waals surface area contributed by atoms with E-state index in [1.807, 2.05) is 0 Å². The number of benzene rings is 2. The van der Waals surface area contributed by atoms with Crippen LogP contribution in [-0.2, 0) is 11.2 Å². The number of nitrogens with one attached hydrogen (secondary N) is 1. The summed E-state index contributed by atoms with van der Waals surface area (Å²) in [6.45, 7) is 0. The lowest BCUT2D eigenvalue weighted by Gasteiger charge is -2.08. The van der Waals surface area contributed by atoms with Crippen molar-refractivity contribution in [3.05, 3.63) is 53.8 Å². The van der Waals surface area contributed by atoms with Crippen LogP contribution in [0, 0.1) is 5.82 Å². The summed E-state index contributed by atoms with van der Waals surface area (Å²) in [6, 6.07) is 10.0. The molecule has 0 saturated heterocycles. The molecule has 0 aliphatic carbocycles. The molecule has 0 bridgehead atoms. The molecule has 0 saturated carbocycles. The number of aromatic hydroxyl groups is 1. The zero-order valence-electron chi connectivity index (χ0n) is 10.1. The first-order valence-corrected chi connectivity index (χ1v) is 5.67. The van der Waals surface area contributed by atoms with E-state index in [1.54, 1.807) is 6.07 Å². The third-order valence-corrected chi connectivity index (χ3v) is 2.59. The molecule has 0 fully saturated rings. The van der Waals surface area contributed by atoms with Crippen molar-refractivity contribution in [2.45, 2.75) is 6.42 Å². The maximum Gasteiger partial charge on any atom is 0.228 e. The maximum atomic E-state index is 13.0. The molecule has 0 aliphatic rings. The largest absolute Gasteiger partial charge is 0.508 e. The van der Waals surface area contributed by atoms with Crippen LogP contribution in [0.5, 0.6) is 5.75 Å². The third kappa shape index (κ3) is 3.45. The van der Waals surface area contributed by atoms with Gasteiger partial charge in [0, 0.05) is 11.4 Å². The molecule has 4 N–H and O–H groups in total. The first kappa shape index (κ1) is 12.9. The Bertz CT molecular complexity index is 614. The number of carbonyl (C=O) groups excluding carboxylic acids is 1. The SMILES string of the molecule is Nc1ccc(O)cc1CC(=O)Nc1cccc(F)c1. The number of nitrogens with two attached hydrogens (primary N) is 1. The van der Waals surface area contributed by atoms with Gasteiger partial charge in [-0.1, -0.05) is 6.07 Å². The first-order chi connectivity index (χ1) is 9.04. The average Bonchev–Trinajstić information content (AvgIpc) is 2.34. The molecule has 0 heterocycles. The molecule has 2 aromatic rings. The predicted octanol–water partition coefficient (Wildman–Crippen LogP) is 2.29. The Balaban J connectivity index is 2.07. The van der Waals surface area contributed by atoms with Gasteiger partial charge < -0.3 is 16.2 Å². The van der Waals surface area contributed by atoms with E-state index < -0.39 is 5.82 Å². The summed E-state index contributed by atoms with van der Waals surface area (Å²) in [7, 11) is 0. The summed E-state index contributed by atoms with van der Waals surface area (Å²) in [5.74, 6) is -0.708. The Morgan fingerprint density at radius 1 is 1.26 bits per heavy atom. The molecule has 0 atom stereocenters. The fourth-order valence-corrected chi connectivity index (χ4v) is 1.69. The summed E-state index contributed by atoms with van der Waals surface area (Å²) < 4.78 is 13.0. The normalized spacial score (nSPS) is 10.2. The second-order valence-electron chi connectivity index (χ2n) is 4.12. The molecule has 2 aromatic carbocycles. The Morgan fingerprint density at radius 3 is 2.79 bits per heavy atom. The van der Waals surface area contributed by atoms with Gasteiger partial charge in [-0.05, 0) is 42.0 Å². The minimum absolute atomic E-state index is 0.0107. The predicted molar refractivity (Wildman–Crippen MR) is 71.3 cm³/mol. The quantitative estimate of drug-likeness (QED) is 0.585. The van der Waals surface area contributed by atoms with E-state index in [4.69, 9.17) is 5.73 Å². The Labute approximate surface area is 109 Å². The molecule has 1 amide bonds. The van der Waals surface area contributed by atoms with E-state index in [0.717, 1.165) is 0 Å². The van der Waals surface area contributed by atoms with Gasteiger partial charge in [0.05, 0.1) is 6.42 Å². The summed E-state index contributed by atoms with van der Waals surface area (Å²) in [4.78, 5) is 11.8. The van der Waals surface area contributed by atoms with E-state index in [9.17, 15) is 14.3 Å². The number of nitrogen functional groups attached to an aromatic ring is 1. The Kier molecular flexibility index (Phi) is 3.66. The second-order valence-corrected chi connectivity index (χ2v) is 4.12. The van der Waals surface area contributed by atoms with Gasteiger partial charge in [0.2, 0.25) is 5.91 Å². The van der Waals surface area contributed by atoms with Crippen LogP contribution < -0.4 is 11.1 Å². The number of carbonyl (C=O) groups is 1. The van der Waals surface area contributed by atoms with Crippen molar-refractivity contribution in [3.8, 4) is 5.75 Å². The highest BCUT2D eigenvalue weighted by Gasteiger charge is 2.08. The number of hydrogen-bond donors (Lipinski definition) is 3. The minimum Gasteiger partial charge on any atom is -0.508 e. The van der Waals surface area contributed by atoms with Crippen LogP contribution in [0.4, 0.5) is 15.8 Å². The molecule has 19 heavy (non-hydrogen) atoms. The number of hydrogen-bond acceptors (Lipinski definition) is 3. The highest BCUT2D eigenvalue weighted by atomic mass is 19.1. The Morgan fingerprint density at radius 2 is 2.05 bits per heavy atom. The first-order valence-electron chi connectivity index (χ1n) is 5.67. The molecule has 0 aromatic heterocycles. The smallest absolute Gasteiger partial charge is 0.228 e. The van der Waals surface area contributed by atoms with Crippen molar-refractivity contribution in [3.63, 3.8) is 0 Å². The van der Waals surface area contributed by atoms with Gasteiger partial charge in [0.1, 0.15) is 11.6 Å². The van der Waals surface area contributed by atoms with Crippen LogP contribution in [0.2, 0.25) is 0 Å². The third-order valence-electron chi connectivity index (χ3n) is 2.59. The average molecular weight is 260 g/mol. The summed E-state index contributed by atoms with van der Waals surface area (Å²) >= 11 is 0. The van der Waals surface area contributed by atoms with Crippen LogP contribution in [0.25, 0.3) is 0 Å². The van der Waals surface area contributed by atoms with E-state index >= 15 is 0 Å². The van der Waals surface area contributed by atoms with Gasteiger partial charge in [0.15, 0.2) is 0 Å². The molecule has 0 unspecified atom stereocenters. The van der Waals surface area contributed by atoms with Crippen molar-refractivity contribution >= 4 is 17.3 Å². The Hall–Kier alpha value is -2.56. The number of amides is 1. The lowest BCUT2D eigenvalue weighted by atomic mass is 10.1. The molecular weight excluding hydrogens is 247 g/mol. The van der Waals surface area contributed by atoms with E-state index in [2.05, 4.69) is 5.32 Å². The van der Waals surface area contributed by atoms with E-state index in [0.29, 0.717) is 16.9 Å². The van der Waals surface area contributed by atoms with Crippen molar-refractivity contribution in [2.75, 3.05) is 11.1 Å². The molecule has 98 valence electrons. The van der Waals surface area contributed by atoms with Gasteiger partial charge in [-0.25, -0.2) is 4.39 Å². The van der Waals surface area contributed by atoms with Crippen molar-refractivity contribution in [1.82, 2.24) is 0 Å². The topological polar surface area (TPSA) is 75.3 Å². The van der Waals surface area contributed by atoms with Crippen LogP contribution in [0.1, 0.15) is 5.56 Å². The number of halogens is 1. The van der Waals surface area contributed by atoms with Gasteiger partial charge in [-0.3, -0.25) is 4.79 Å². The standard InChI is InChI=1S/C14H13FN2O2/c15-10-2-1-3-11(8-10)17-14(19)7-9-6-12(18)4-5-13(9)16/h1-6,8,18H,7,16H2,(H,17,19). The highest BCUT2D eigenvalue weighted by Crippen LogP contribution is 2.19. The van der Waals surface area contributed by atoms with E-state index in [1.165, 1.54) is 36.4 Å². The van der Waals surface area contributed by atoms with Crippen molar-refractivity contribution in [2.24, 2.45) is 0 Å². The van der Waals surface area contributed by atoms with Gasteiger partial charge in [-0.2, -0.15) is 0 Å². The zero-order valence-corrected chi connectivity index (χ0v) is 10.1. The number of rotatable bonds is 3. The molecule has 0 aliphatic heterocycles. The molecule has 0 spiro atoms.